The molecule has 0 spiro atoms. The third-order valence-corrected chi connectivity index (χ3v) is 3.61. The topological polar surface area (TPSA) is 44.4 Å². The van der Waals surface area contributed by atoms with Crippen LogP contribution in [0.2, 0.25) is 5.02 Å². The minimum Gasteiger partial charge on any atom is -0.326 e. The van der Waals surface area contributed by atoms with Crippen molar-refractivity contribution in [3.8, 4) is 0 Å². The van der Waals surface area contributed by atoms with Crippen LogP contribution in [-0.2, 0) is 4.79 Å². The maximum Gasteiger partial charge on any atom is 0.225 e. The van der Waals surface area contributed by atoms with Crippen LogP contribution in [-0.4, -0.2) is 43.0 Å². The minimum atomic E-state index is 0.0352. The molecule has 1 aliphatic heterocycles. The highest BCUT2D eigenvalue weighted by Crippen LogP contribution is 2.15. The lowest BCUT2D eigenvalue weighted by Crippen LogP contribution is -2.50. The number of benzene rings is 1. The van der Waals surface area contributed by atoms with Crippen molar-refractivity contribution in [2.24, 2.45) is 0 Å². The first-order chi connectivity index (χ1) is 9.15. The predicted molar refractivity (Wildman–Crippen MR) is 78.6 cm³/mol. The highest BCUT2D eigenvalue weighted by atomic mass is 35.5. The molecule has 1 atom stereocenters. The van der Waals surface area contributed by atoms with Gasteiger partial charge in [-0.3, -0.25) is 9.69 Å². The first kappa shape index (κ1) is 14.3. The van der Waals surface area contributed by atoms with E-state index >= 15 is 0 Å². The van der Waals surface area contributed by atoms with E-state index in [-0.39, 0.29) is 5.91 Å². The second-order valence-corrected chi connectivity index (χ2v) is 5.33. The molecule has 0 unspecified atom stereocenters. The summed E-state index contributed by atoms with van der Waals surface area (Å²) in [6, 6.07) is 7.72. The number of piperazine rings is 1. The highest BCUT2D eigenvalue weighted by Gasteiger charge is 2.18. The summed E-state index contributed by atoms with van der Waals surface area (Å²) in [4.78, 5) is 14.2. The zero-order valence-corrected chi connectivity index (χ0v) is 11.9. The van der Waals surface area contributed by atoms with Gasteiger partial charge < -0.3 is 10.6 Å². The summed E-state index contributed by atoms with van der Waals surface area (Å²) >= 11 is 5.88. The smallest absolute Gasteiger partial charge is 0.225 e. The largest absolute Gasteiger partial charge is 0.326 e. The maximum absolute atomic E-state index is 11.9. The van der Waals surface area contributed by atoms with Crippen molar-refractivity contribution < 1.29 is 4.79 Å². The van der Waals surface area contributed by atoms with Crippen LogP contribution in [0.1, 0.15) is 13.3 Å². The Hall–Kier alpha value is -1.10. The molecule has 0 aliphatic carbocycles. The molecule has 2 rings (SSSR count). The van der Waals surface area contributed by atoms with Crippen LogP contribution in [0.5, 0.6) is 0 Å². The molecule has 2 N–H and O–H groups in total. The summed E-state index contributed by atoms with van der Waals surface area (Å²) in [5.41, 5.74) is 0.755. The van der Waals surface area contributed by atoms with E-state index in [1.54, 1.807) is 12.1 Å². The Bertz CT molecular complexity index is 438. The van der Waals surface area contributed by atoms with Crippen molar-refractivity contribution in [3.63, 3.8) is 0 Å². The Morgan fingerprint density at radius 2 is 2.42 bits per heavy atom. The summed E-state index contributed by atoms with van der Waals surface area (Å²) in [5.74, 6) is 0.0352. The number of hydrogen-bond donors (Lipinski definition) is 2. The number of amides is 1. The summed E-state index contributed by atoms with van der Waals surface area (Å²) in [7, 11) is 0. The van der Waals surface area contributed by atoms with Gasteiger partial charge >= 0.3 is 0 Å². The van der Waals surface area contributed by atoms with E-state index in [9.17, 15) is 4.79 Å². The summed E-state index contributed by atoms with van der Waals surface area (Å²) in [6.45, 7) is 5.98. The average Bonchev–Trinajstić information content (AvgIpc) is 2.38. The summed E-state index contributed by atoms with van der Waals surface area (Å²) in [6.07, 6.45) is 0.511. The van der Waals surface area contributed by atoms with Gasteiger partial charge in [0.05, 0.1) is 0 Å². The van der Waals surface area contributed by atoms with Crippen molar-refractivity contribution in [3.05, 3.63) is 29.3 Å². The molecule has 1 amide bonds. The van der Waals surface area contributed by atoms with Gasteiger partial charge in [0, 0.05) is 49.4 Å². The van der Waals surface area contributed by atoms with Gasteiger partial charge in [-0.15, -0.1) is 0 Å². The summed E-state index contributed by atoms with van der Waals surface area (Å²) < 4.78 is 0. The van der Waals surface area contributed by atoms with Crippen LogP contribution in [0.3, 0.4) is 0 Å². The van der Waals surface area contributed by atoms with Gasteiger partial charge in [-0.25, -0.2) is 0 Å². The Morgan fingerprint density at radius 1 is 1.58 bits per heavy atom. The molecule has 1 saturated heterocycles. The van der Waals surface area contributed by atoms with Crippen molar-refractivity contribution >= 4 is 23.2 Å². The molecule has 1 aliphatic rings. The average molecular weight is 282 g/mol. The molecular formula is C14H20ClN3O. The quantitative estimate of drug-likeness (QED) is 0.887. The molecule has 5 heteroatoms. The van der Waals surface area contributed by atoms with Crippen LogP contribution < -0.4 is 10.6 Å². The Kier molecular flexibility index (Phi) is 5.19. The first-order valence-electron chi connectivity index (χ1n) is 6.65. The summed E-state index contributed by atoms with van der Waals surface area (Å²) in [5, 5.41) is 6.85. The number of anilines is 1. The van der Waals surface area contributed by atoms with Crippen molar-refractivity contribution in [2.75, 3.05) is 31.5 Å². The Labute approximate surface area is 119 Å². The third kappa shape index (κ3) is 4.49. The van der Waals surface area contributed by atoms with Crippen LogP contribution in [0.25, 0.3) is 0 Å². The Morgan fingerprint density at radius 3 is 3.16 bits per heavy atom. The van der Waals surface area contributed by atoms with E-state index in [0.717, 1.165) is 31.9 Å². The van der Waals surface area contributed by atoms with E-state index in [4.69, 9.17) is 11.6 Å². The van der Waals surface area contributed by atoms with Crippen molar-refractivity contribution in [1.29, 1.82) is 0 Å². The monoisotopic (exact) mass is 281 g/mol. The number of rotatable bonds is 4. The molecule has 1 aromatic carbocycles. The molecule has 0 radical (unpaired) electrons. The van der Waals surface area contributed by atoms with Gasteiger partial charge in [-0.05, 0) is 25.1 Å². The second kappa shape index (κ2) is 6.89. The molecular weight excluding hydrogens is 262 g/mol. The standard InChI is InChI=1S/C14H20ClN3O/c1-11-10-16-6-8-18(11)7-5-14(19)17-13-4-2-3-12(15)9-13/h2-4,9,11,16H,5-8,10H2,1H3,(H,17,19)/t11-/m1/s1. The molecule has 1 heterocycles. The fourth-order valence-corrected chi connectivity index (χ4v) is 2.44. The molecule has 0 aromatic heterocycles. The molecule has 104 valence electrons. The predicted octanol–water partition coefficient (Wildman–Crippen LogP) is 1.96. The van der Waals surface area contributed by atoms with Gasteiger partial charge in [0.25, 0.3) is 0 Å². The van der Waals surface area contributed by atoms with Crippen LogP contribution in [0.4, 0.5) is 5.69 Å². The lowest BCUT2D eigenvalue weighted by Gasteiger charge is -2.33. The van der Waals surface area contributed by atoms with Crippen LogP contribution >= 0.6 is 11.6 Å². The molecule has 0 saturated carbocycles. The lowest BCUT2D eigenvalue weighted by atomic mass is 10.2. The van der Waals surface area contributed by atoms with E-state index in [2.05, 4.69) is 22.5 Å². The highest BCUT2D eigenvalue weighted by molar-refractivity contribution is 6.30. The van der Waals surface area contributed by atoms with Gasteiger partial charge in [-0.2, -0.15) is 0 Å². The normalized spacial score (nSPS) is 20.2. The number of halogens is 1. The number of nitrogens with zero attached hydrogens (tertiary/aromatic N) is 1. The third-order valence-electron chi connectivity index (χ3n) is 3.37. The van der Waals surface area contributed by atoms with Crippen LogP contribution in [0, 0.1) is 0 Å². The van der Waals surface area contributed by atoms with E-state index < -0.39 is 0 Å². The fraction of sp³-hybridized carbons (Fsp3) is 0.500. The maximum atomic E-state index is 11.9. The molecule has 19 heavy (non-hydrogen) atoms. The van der Waals surface area contributed by atoms with E-state index in [1.165, 1.54) is 0 Å². The molecule has 4 nitrogen and oxygen atoms in total. The number of nitrogens with one attached hydrogen (secondary N) is 2. The molecule has 1 aromatic rings. The van der Waals surface area contributed by atoms with Gasteiger partial charge in [0.15, 0.2) is 0 Å². The van der Waals surface area contributed by atoms with Crippen LogP contribution in [0.15, 0.2) is 24.3 Å². The van der Waals surface area contributed by atoms with Crippen molar-refractivity contribution in [2.45, 2.75) is 19.4 Å². The minimum absolute atomic E-state index is 0.0352. The molecule has 1 fully saturated rings. The van der Waals surface area contributed by atoms with Gasteiger partial charge in [0.2, 0.25) is 5.91 Å². The van der Waals surface area contributed by atoms with E-state index in [0.29, 0.717) is 17.5 Å². The number of hydrogen-bond acceptors (Lipinski definition) is 3. The zero-order chi connectivity index (χ0) is 13.7. The van der Waals surface area contributed by atoms with E-state index in [1.807, 2.05) is 12.1 Å². The van der Waals surface area contributed by atoms with Gasteiger partial charge in [-0.1, -0.05) is 17.7 Å². The zero-order valence-electron chi connectivity index (χ0n) is 11.2. The fourth-order valence-electron chi connectivity index (χ4n) is 2.25. The second-order valence-electron chi connectivity index (χ2n) is 4.90. The van der Waals surface area contributed by atoms with Crippen molar-refractivity contribution in [1.82, 2.24) is 10.2 Å². The molecule has 0 bridgehead atoms. The first-order valence-corrected chi connectivity index (χ1v) is 7.03. The number of carbonyl (C=O) groups excluding carboxylic acids is 1. The Balaban J connectivity index is 1.78. The van der Waals surface area contributed by atoms with Gasteiger partial charge in [0.1, 0.15) is 0 Å². The SMILES string of the molecule is C[C@@H]1CNCCN1CCC(=O)Nc1cccc(Cl)c1. The number of carbonyl (C=O) groups is 1. The lowest BCUT2D eigenvalue weighted by molar-refractivity contribution is -0.116.